The van der Waals surface area contributed by atoms with Gasteiger partial charge in [0, 0.05) is 38.3 Å². The molecule has 3 amide bonds. The molecule has 1 fully saturated rings. The molecule has 5 rings (SSSR count). The topological polar surface area (TPSA) is 118 Å². The highest BCUT2D eigenvalue weighted by Crippen LogP contribution is 2.34. The smallest absolute Gasteiger partial charge is 0.317 e. The number of nitrogens with one attached hydrogen (secondary N) is 2. The molecule has 166 valence electrons. The van der Waals surface area contributed by atoms with Gasteiger partial charge in [-0.2, -0.15) is 10.1 Å². The van der Waals surface area contributed by atoms with E-state index in [1.807, 2.05) is 19.1 Å². The van der Waals surface area contributed by atoms with E-state index in [2.05, 4.69) is 31.9 Å². The Bertz CT molecular complexity index is 1160. The van der Waals surface area contributed by atoms with Crippen LogP contribution in [-0.4, -0.2) is 56.9 Å². The van der Waals surface area contributed by atoms with Gasteiger partial charge in [-0.25, -0.2) is 4.79 Å². The summed E-state index contributed by atoms with van der Waals surface area (Å²) in [7, 11) is 1.61. The van der Waals surface area contributed by atoms with Gasteiger partial charge in [-0.1, -0.05) is 24.2 Å². The Kier molecular flexibility index (Phi) is 5.12. The third-order valence-electron chi connectivity index (χ3n) is 6.16. The Balaban J connectivity index is 1.23. The van der Waals surface area contributed by atoms with Crippen LogP contribution < -0.4 is 10.6 Å². The predicted molar refractivity (Wildman–Crippen MR) is 115 cm³/mol. The van der Waals surface area contributed by atoms with Gasteiger partial charge >= 0.3 is 6.03 Å². The fourth-order valence-corrected chi connectivity index (χ4v) is 4.27. The average Bonchev–Trinajstić information content (AvgIpc) is 3.52. The van der Waals surface area contributed by atoms with Crippen LogP contribution in [0.15, 0.2) is 35.1 Å². The average molecular weight is 435 g/mol. The Morgan fingerprint density at radius 3 is 2.88 bits per heavy atom. The molecule has 3 aromatic rings. The number of amides is 3. The van der Waals surface area contributed by atoms with Crippen LogP contribution >= 0.6 is 0 Å². The molecule has 2 aromatic heterocycles. The van der Waals surface area contributed by atoms with Crippen LogP contribution in [-0.2, 0) is 12.8 Å². The zero-order chi connectivity index (χ0) is 22.2. The normalized spacial score (nSPS) is 17.7. The number of nitrogens with zero attached hydrogens (tertiary/aromatic N) is 5. The number of rotatable bonds is 5. The summed E-state index contributed by atoms with van der Waals surface area (Å²) in [6.45, 7) is 3.14. The van der Waals surface area contributed by atoms with Gasteiger partial charge in [0.25, 0.3) is 5.91 Å². The van der Waals surface area contributed by atoms with Crippen LogP contribution in [0, 0.1) is 0 Å². The standard InChI is InChI=1S/C22H25N7O3/c1-3-19-26-20(27-32-19)14-4-6-17-13(8-14)5-7-18(17)25-21(30)15-9-24-29(10-15)16-11-28(12-16)22(31)23-2/h4,6,8-10,16,18H,3,5,7,11-12H2,1-2H3,(H,23,31)(H,25,30). The summed E-state index contributed by atoms with van der Waals surface area (Å²) in [6, 6.07) is 6.05. The molecule has 1 unspecified atom stereocenters. The van der Waals surface area contributed by atoms with Gasteiger partial charge in [0.15, 0.2) is 0 Å². The number of hydrogen-bond acceptors (Lipinski definition) is 6. The first-order chi connectivity index (χ1) is 15.6. The van der Waals surface area contributed by atoms with Gasteiger partial charge in [-0.15, -0.1) is 0 Å². The molecule has 3 heterocycles. The molecule has 32 heavy (non-hydrogen) atoms. The molecular weight excluding hydrogens is 410 g/mol. The van der Waals surface area contributed by atoms with Crippen molar-refractivity contribution in [3.05, 3.63) is 53.2 Å². The number of hydrogen-bond donors (Lipinski definition) is 2. The molecular formula is C22H25N7O3. The summed E-state index contributed by atoms with van der Waals surface area (Å²) in [4.78, 5) is 30.5. The second-order valence-corrected chi connectivity index (χ2v) is 8.17. The first kappa shape index (κ1) is 20.2. The molecule has 0 saturated carbocycles. The summed E-state index contributed by atoms with van der Waals surface area (Å²) in [5.74, 6) is 1.07. The van der Waals surface area contributed by atoms with Crippen molar-refractivity contribution in [2.24, 2.45) is 0 Å². The highest BCUT2D eigenvalue weighted by molar-refractivity contribution is 5.94. The molecule has 0 bridgehead atoms. The maximum absolute atomic E-state index is 12.8. The third-order valence-corrected chi connectivity index (χ3v) is 6.16. The van der Waals surface area contributed by atoms with E-state index >= 15 is 0 Å². The van der Waals surface area contributed by atoms with Crippen molar-refractivity contribution in [2.75, 3.05) is 20.1 Å². The number of carbonyl (C=O) groups is 2. The van der Waals surface area contributed by atoms with Crippen LogP contribution in [0.5, 0.6) is 0 Å². The van der Waals surface area contributed by atoms with Gasteiger partial charge in [0.05, 0.1) is 23.8 Å². The lowest BCUT2D eigenvalue weighted by atomic mass is 10.0. The quantitative estimate of drug-likeness (QED) is 0.634. The first-order valence-electron chi connectivity index (χ1n) is 10.8. The Morgan fingerprint density at radius 1 is 1.28 bits per heavy atom. The number of aryl methyl sites for hydroxylation is 2. The van der Waals surface area contributed by atoms with Crippen molar-refractivity contribution < 1.29 is 14.1 Å². The SMILES string of the molecule is CCc1nc(-c2ccc3c(c2)CCC3NC(=O)c2cnn(C3CN(C(=O)NC)C3)c2)no1. The fourth-order valence-electron chi connectivity index (χ4n) is 4.27. The molecule has 1 atom stereocenters. The highest BCUT2D eigenvalue weighted by atomic mass is 16.5. The second kappa shape index (κ2) is 8.10. The molecule has 2 N–H and O–H groups in total. The van der Waals surface area contributed by atoms with Crippen LogP contribution in [0.1, 0.15) is 52.8 Å². The summed E-state index contributed by atoms with van der Waals surface area (Å²) < 4.78 is 6.98. The van der Waals surface area contributed by atoms with Crippen molar-refractivity contribution in [3.8, 4) is 11.4 Å². The van der Waals surface area contributed by atoms with E-state index in [9.17, 15) is 9.59 Å². The first-order valence-corrected chi connectivity index (χ1v) is 10.8. The number of aromatic nitrogens is 4. The van der Waals surface area contributed by atoms with E-state index in [4.69, 9.17) is 4.52 Å². The van der Waals surface area contributed by atoms with E-state index in [1.54, 1.807) is 29.0 Å². The largest absolute Gasteiger partial charge is 0.345 e. The van der Waals surface area contributed by atoms with Crippen LogP contribution in [0.3, 0.4) is 0 Å². The molecule has 1 aliphatic heterocycles. The minimum absolute atomic E-state index is 0.0428. The predicted octanol–water partition coefficient (Wildman–Crippen LogP) is 2.11. The molecule has 10 heteroatoms. The highest BCUT2D eigenvalue weighted by Gasteiger charge is 2.32. The number of benzene rings is 1. The monoisotopic (exact) mass is 435 g/mol. The fraction of sp³-hybridized carbons (Fsp3) is 0.409. The maximum atomic E-state index is 12.8. The summed E-state index contributed by atoms with van der Waals surface area (Å²) in [6.07, 6.45) is 5.76. The van der Waals surface area contributed by atoms with Gasteiger partial charge in [-0.05, 0) is 30.0 Å². The van der Waals surface area contributed by atoms with E-state index in [0.717, 1.165) is 24.0 Å². The van der Waals surface area contributed by atoms with E-state index < -0.39 is 0 Å². The Morgan fingerprint density at radius 2 is 2.12 bits per heavy atom. The van der Waals surface area contributed by atoms with Gasteiger partial charge < -0.3 is 20.1 Å². The Labute approximate surface area is 185 Å². The number of likely N-dealkylation sites (tertiary alicyclic amines) is 1. The number of carbonyl (C=O) groups excluding carboxylic acids is 2. The van der Waals surface area contributed by atoms with Crippen molar-refractivity contribution in [3.63, 3.8) is 0 Å². The number of fused-ring (bicyclic) bond motifs is 1. The van der Waals surface area contributed by atoms with E-state index in [0.29, 0.717) is 36.8 Å². The maximum Gasteiger partial charge on any atom is 0.317 e. The zero-order valence-corrected chi connectivity index (χ0v) is 18.0. The third kappa shape index (κ3) is 3.61. The molecule has 0 radical (unpaired) electrons. The summed E-state index contributed by atoms with van der Waals surface area (Å²) >= 11 is 0. The zero-order valence-electron chi connectivity index (χ0n) is 18.0. The van der Waals surface area contributed by atoms with E-state index in [1.165, 1.54) is 5.56 Å². The molecule has 1 saturated heterocycles. The minimum Gasteiger partial charge on any atom is -0.345 e. The molecule has 0 spiro atoms. The van der Waals surface area contributed by atoms with E-state index in [-0.39, 0.29) is 24.0 Å². The van der Waals surface area contributed by atoms with Crippen molar-refractivity contribution in [1.82, 2.24) is 35.5 Å². The lowest BCUT2D eigenvalue weighted by molar-refractivity contribution is 0.0935. The molecule has 2 aliphatic rings. The van der Waals surface area contributed by atoms with Crippen LogP contribution in [0.2, 0.25) is 0 Å². The van der Waals surface area contributed by atoms with Gasteiger partial charge in [-0.3, -0.25) is 9.48 Å². The van der Waals surface area contributed by atoms with Crippen molar-refractivity contribution in [2.45, 2.75) is 38.3 Å². The second-order valence-electron chi connectivity index (χ2n) is 8.17. The lowest BCUT2D eigenvalue weighted by Crippen LogP contribution is -2.53. The van der Waals surface area contributed by atoms with Crippen LogP contribution in [0.4, 0.5) is 4.79 Å². The summed E-state index contributed by atoms with van der Waals surface area (Å²) in [5.41, 5.74) is 3.75. The van der Waals surface area contributed by atoms with Gasteiger partial charge in [0.2, 0.25) is 11.7 Å². The minimum atomic E-state index is -0.147. The molecule has 1 aliphatic carbocycles. The number of urea groups is 1. The summed E-state index contributed by atoms with van der Waals surface area (Å²) in [5, 5.41) is 14.1. The Hall–Kier alpha value is -3.69. The van der Waals surface area contributed by atoms with Crippen molar-refractivity contribution in [1.29, 1.82) is 0 Å². The van der Waals surface area contributed by atoms with Crippen LogP contribution in [0.25, 0.3) is 11.4 Å². The molecule has 10 nitrogen and oxygen atoms in total. The van der Waals surface area contributed by atoms with Crippen molar-refractivity contribution >= 4 is 11.9 Å². The van der Waals surface area contributed by atoms with Gasteiger partial charge in [0.1, 0.15) is 0 Å². The molecule has 1 aromatic carbocycles. The lowest BCUT2D eigenvalue weighted by Gasteiger charge is -2.38.